The van der Waals surface area contributed by atoms with Gasteiger partial charge >= 0.3 is 0 Å². The van der Waals surface area contributed by atoms with Crippen LogP contribution in [0.2, 0.25) is 0 Å². The van der Waals surface area contributed by atoms with Crippen molar-refractivity contribution in [3.05, 3.63) is 48.0 Å². The Hall–Kier alpha value is -2.38. The van der Waals surface area contributed by atoms with E-state index in [9.17, 15) is 19.2 Å². The average molecular weight is 534 g/mol. The van der Waals surface area contributed by atoms with E-state index in [4.69, 9.17) is 23.2 Å². The first-order chi connectivity index (χ1) is 17.1. The summed E-state index contributed by atoms with van der Waals surface area (Å²) in [6.07, 6.45) is 3.99. The molecule has 4 rings (SSSR count). The number of piperidine rings is 1. The molecule has 3 aliphatic rings. The number of fused-ring (bicyclic) bond motifs is 2. The number of hydrogen-bond acceptors (Lipinski definition) is 4. The molecule has 1 saturated carbocycles. The number of amides is 3. The SMILES string of the molecule is C=CCNC(=O)C(=O)C(CCC)NC(=O)[C@@H]1[C@@H]2[C@H](CN1C(=O)[C@@H](C)C1Cc3ccccc3C1)C2(Cl)Cl. The van der Waals surface area contributed by atoms with Gasteiger partial charge in [-0.05, 0) is 36.3 Å². The molecule has 2 aliphatic carbocycles. The number of carbonyl (C=O) groups is 4. The van der Waals surface area contributed by atoms with Gasteiger partial charge in [0.15, 0.2) is 0 Å². The third-order valence-corrected chi connectivity index (χ3v) is 8.97. The molecule has 1 heterocycles. The molecule has 1 unspecified atom stereocenters. The smallest absolute Gasteiger partial charge is 0.289 e. The van der Waals surface area contributed by atoms with Gasteiger partial charge in [0.2, 0.25) is 17.6 Å². The number of Topliss-reactive ketones (excluding diaryl/α,β-unsaturated/α-hetero) is 1. The van der Waals surface area contributed by atoms with Crippen LogP contribution in [0.1, 0.15) is 37.8 Å². The standard InChI is InChI=1S/C27H33Cl2N3O4/c1-4-8-20(23(33)25(35)30-11-5-2)31-24(34)22-21-19(27(21,28)29)14-32(22)26(36)15(3)18-12-16-9-6-7-10-17(16)13-18/h5-7,9-10,15,18-22H,2,4,8,11-14H2,1,3H3,(H,30,35)(H,31,34)/t15-,19-,20?,21-,22-/m0/s1. The second-order valence-corrected chi connectivity index (χ2v) is 11.6. The molecule has 1 aromatic rings. The Balaban J connectivity index is 1.48. The Bertz CT molecular complexity index is 1050. The number of benzene rings is 1. The van der Waals surface area contributed by atoms with E-state index in [0.717, 1.165) is 12.8 Å². The molecule has 9 heteroatoms. The lowest BCUT2D eigenvalue weighted by atomic mass is 9.89. The number of hydrogen-bond donors (Lipinski definition) is 2. The predicted octanol–water partition coefficient (Wildman–Crippen LogP) is 2.82. The van der Waals surface area contributed by atoms with Crippen LogP contribution in [0.4, 0.5) is 0 Å². The Morgan fingerprint density at radius 2 is 1.83 bits per heavy atom. The lowest BCUT2D eigenvalue weighted by Gasteiger charge is -2.33. The molecule has 36 heavy (non-hydrogen) atoms. The fraction of sp³-hybridized carbons (Fsp3) is 0.556. The number of rotatable bonds is 10. The summed E-state index contributed by atoms with van der Waals surface area (Å²) in [5.74, 6) is -2.87. The topological polar surface area (TPSA) is 95.6 Å². The normalized spacial score (nSPS) is 25.3. The van der Waals surface area contributed by atoms with Crippen LogP contribution in [0.3, 0.4) is 0 Å². The van der Waals surface area contributed by atoms with E-state index >= 15 is 0 Å². The number of ketones is 1. The van der Waals surface area contributed by atoms with Crippen LogP contribution >= 0.6 is 23.2 Å². The fourth-order valence-corrected chi connectivity index (χ4v) is 6.59. The van der Waals surface area contributed by atoms with Crippen molar-refractivity contribution in [3.8, 4) is 0 Å². The highest BCUT2D eigenvalue weighted by molar-refractivity contribution is 6.51. The van der Waals surface area contributed by atoms with Crippen LogP contribution in [0.15, 0.2) is 36.9 Å². The maximum Gasteiger partial charge on any atom is 0.289 e. The molecule has 7 nitrogen and oxygen atoms in total. The quantitative estimate of drug-likeness (QED) is 0.274. The zero-order valence-electron chi connectivity index (χ0n) is 20.6. The minimum atomic E-state index is -1.09. The number of halogens is 2. The minimum absolute atomic E-state index is 0.105. The molecular weight excluding hydrogens is 501 g/mol. The van der Waals surface area contributed by atoms with Crippen molar-refractivity contribution in [2.45, 2.75) is 55.9 Å². The van der Waals surface area contributed by atoms with Crippen molar-refractivity contribution in [1.82, 2.24) is 15.5 Å². The van der Waals surface area contributed by atoms with Gasteiger partial charge in [0.05, 0.1) is 6.04 Å². The van der Waals surface area contributed by atoms with Crippen molar-refractivity contribution in [1.29, 1.82) is 0 Å². The number of likely N-dealkylation sites (tertiary alicyclic amines) is 1. The Kier molecular flexibility index (Phi) is 7.81. The number of nitrogens with one attached hydrogen (secondary N) is 2. The molecule has 0 spiro atoms. The third-order valence-electron chi connectivity index (χ3n) is 7.90. The summed E-state index contributed by atoms with van der Waals surface area (Å²) in [7, 11) is 0. The Morgan fingerprint density at radius 1 is 1.19 bits per heavy atom. The molecule has 2 fully saturated rings. The zero-order valence-corrected chi connectivity index (χ0v) is 22.1. The monoisotopic (exact) mass is 533 g/mol. The second-order valence-electron chi connectivity index (χ2n) is 10.2. The third kappa shape index (κ3) is 4.92. The van der Waals surface area contributed by atoms with E-state index in [1.54, 1.807) is 4.90 Å². The lowest BCUT2D eigenvalue weighted by molar-refractivity contribution is -0.145. The summed E-state index contributed by atoms with van der Waals surface area (Å²) in [6.45, 7) is 7.74. The molecule has 194 valence electrons. The molecule has 5 atom stereocenters. The van der Waals surface area contributed by atoms with Gasteiger partial charge in [0.25, 0.3) is 5.91 Å². The van der Waals surface area contributed by atoms with Gasteiger partial charge in [-0.3, -0.25) is 19.2 Å². The summed E-state index contributed by atoms with van der Waals surface area (Å²) in [4.78, 5) is 53.7. The summed E-state index contributed by atoms with van der Waals surface area (Å²) >= 11 is 12.9. The van der Waals surface area contributed by atoms with Gasteiger partial charge in [0.1, 0.15) is 10.4 Å². The maximum absolute atomic E-state index is 13.7. The molecule has 1 aromatic carbocycles. The maximum atomic E-state index is 13.7. The van der Waals surface area contributed by atoms with E-state index in [-0.39, 0.29) is 30.2 Å². The first kappa shape index (κ1) is 26.7. The van der Waals surface area contributed by atoms with Gasteiger partial charge < -0.3 is 15.5 Å². The van der Waals surface area contributed by atoms with Gasteiger partial charge in [-0.15, -0.1) is 29.8 Å². The van der Waals surface area contributed by atoms with Crippen LogP contribution in [0.25, 0.3) is 0 Å². The Labute approximate surface area is 222 Å². The largest absolute Gasteiger partial charge is 0.346 e. The van der Waals surface area contributed by atoms with E-state index < -0.39 is 39.9 Å². The van der Waals surface area contributed by atoms with Crippen LogP contribution < -0.4 is 10.6 Å². The van der Waals surface area contributed by atoms with Gasteiger partial charge in [-0.1, -0.05) is 50.6 Å². The van der Waals surface area contributed by atoms with Gasteiger partial charge in [-0.25, -0.2) is 0 Å². The van der Waals surface area contributed by atoms with Crippen molar-refractivity contribution < 1.29 is 19.2 Å². The van der Waals surface area contributed by atoms with Crippen molar-refractivity contribution in [3.63, 3.8) is 0 Å². The average Bonchev–Trinajstić information content (AvgIpc) is 3.25. The molecule has 0 bridgehead atoms. The first-order valence-electron chi connectivity index (χ1n) is 12.6. The highest BCUT2D eigenvalue weighted by Gasteiger charge is 2.74. The second kappa shape index (κ2) is 10.5. The molecule has 1 aliphatic heterocycles. The highest BCUT2D eigenvalue weighted by atomic mass is 35.5. The summed E-state index contributed by atoms with van der Waals surface area (Å²) in [5.41, 5.74) is 2.52. The summed E-state index contributed by atoms with van der Waals surface area (Å²) < 4.78 is -1.09. The molecule has 1 saturated heterocycles. The minimum Gasteiger partial charge on any atom is -0.346 e. The van der Waals surface area contributed by atoms with E-state index in [0.29, 0.717) is 19.4 Å². The van der Waals surface area contributed by atoms with E-state index in [2.05, 4.69) is 29.3 Å². The number of alkyl halides is 2. The summed E-state index contributed by atoms with van der Waals surface area (Å²) in [6, 6.07) is 6.33. The molecule has 2 N–H and O–H groups in total. The van der Waals surface area contributed by atoms with Crippen molar-refractivity contribution in [2.24, 2.45) is 23.7 Å². The zero-order chi connectivity index (χ0) is 26.2. The molecular formula is C27H33Cl2N3O4. The summed E-state index contributed by atoms with van der Waals surface area (Å²) in [5, 5.41) is 5.19. The fourth-order valence-electron chi connectivity index (χ4n) is 5.77. The van der Waals surface area contributed by atoms with Gasteiger partial charge in [0, 0.05) is 30.8 Å². The van der Waals surface area contributed by atoms with E-state index in [1.165, 1.54) is 17.2 Å². The van der Waals surface area contributed by atoms with Gasteiger partial charge in [-0.2, -0.15) is 0 Å². The number of carbonyl (C=O) groups excluding carboxylic acids is 4. The number of nitrogens with zero attached hydrogens (tertiary/aromatic N) is 1. The molecule has 0 radical (unpaired) electrons. The van der Waals surface area contributed by atoms with Crippen LogP contribution in [-0.2, 0) is 32.0 Å². The van der Waals surface area contributed by atoms with Crippen LogP contribution in [0.5, 0.6) is 0 Å². The van der Waals surface area contributed by atoms with Crippen molar-refractivity contribution in [2.75, 3.05) is 13.1 Å². The van der Waals surface area contributed by atoms with Crippen LogP contribution in [0, 0.1) is 23.7 Å². The first-order valence-corrected chi connectivity index (χ1v) is 13.4. The molecule has 3 amide bonds. The lowest BCUT2D eigenvalue weighted by Crippen LogP contribution is -2.56. The highest BCUT2D eigenvalue weighted by Crippen LogP contribution is 2.65. The van der Waals surface area contributed by atoms with Crippen molar-refractivity contribution >= 4 is 46.7 Å². The Morgan fingerprint density at radius 3 is 2.42 bits per heavy atom. The predicted molar refractivity (Wildman–Crippen MR) is 138 cm³/mol. The van der Waals surface area contributed by atoms with Crippen LogP contribution in [-0.4, -0.2) is 57.9 Å². The molecule has 0 aromatic heterocycles. The van der Waals surface area contributed by atoms with E-state index in [1.807, 2.05) is 26.0 Å².